The van der Waals surface area contributed by atoms with Crippen molar-refractivity contribution in [2.75, 3.05) is 0 Å². The van der Waals surface area contributed by atoms with Gasteiger partial charge in [-0.1, -0.05) is 0 Å². The molecule has 0 spiro atoms. The summed E-state index contributed by atoms with van der Waals surface area (Å²) in [6.45, 7) is 1.72. The van der Waals surface area contributed by atoms with Gasteiger partial charge < -0.3 is 16.2 Å². The molecule has 4 heteroatoms. The number of rotatable bonds is 3. The van der Waals surface area contributed by atoms with Crippen molar-refractivity contribution in [3.05, 3.63) is 0 Å². The highest BCUT2D eigenvalue weighted by atomic mass is 16.3. The van der Waals surface area contributed by atoms with Crippen LogP contribution in [-0.2, 0) is 4.79 Å². The Balaban J connectivity index is 2.35. The van der Waals surface area contributed by atoms with Gasteiger partial charge in [-0.25, -0.2) is 0 Å². The first-order valence-corrected chi connectivity index (χ1v) is 4.34. The molecule has 1 rings (SSSR count). The molecule has 12 heavy (non-hydrogen) atoms. The van der Waals surface area contributed by atoms with Crippen molar-refractivity contribution in [1.29, 1.82) is 0 Å². The Morgan fingerprint density at radius 2 is 2.33 bits per heavy atom. The lowest BCUT2D eigenvalue weighted by Crippen LogP contribution is -2.47. The fourth-order valence-electron chi connectivity index (χ4n) is 1.54. The van der Waals surface area contributed by atoms with Gasteiger partial charge in [0.05, 0.1) is 12.1 Å². The maximum atomic E-state index is 10.7. The van der Waals surface area contributed by atoms with Gasteiger partial charge in [-0.15, -0.1) is 0 Å². The SMILES string of the molecule is CC(N[C@@H]1CCC[C@H]1O)C(N)=O. The van der Waals surface area contributed by atoms with E-state index in [9.17, 15) is 9.90 Å². The number of carbonyl (C=O) groups is 1. The number of carbonyl (C=O) groups excluding carboxylic acids is 1. The summed E-state index contributed by atoms with van der Waals surface area (Å²) in [7, 11) is 0. The molecular weight excluding hydrogens is 156 g/mol. The van der Waals surface area contributed by atoms with E-state index in [-0.39, 0.29) is 24.1 Å². The Bertz CT molecular complexity index is 172. The Morgan fingerprint density at radius 3 is 2.75 bits per heavy atom. The number of hydrogen-bond acceptors (Lipinski definition) is 3. The minimum absolute atomic E-state index is 0.0486. The second kappa shape index (κ2) is 3.87. The first-order chi connectivity index (χ1) is 5.61. The number of nitrogens with two attached hydrogens (primary N) is 1. The van der Waals surface area contributed by atoms with E-state index < -0.39 is 0 Å². The van der Waals surface area contributed by atoms with Crippen molar-refractivity contribution in [3.63, 3.8) is 0 Å². The molecule has 0 bridgehead atoms. The van der Waals surface area contributed by atoms with Crippen LogP contribution in [0.2, 0.25) is 0 Å². The number of hydrogen-bond donors (Lipinski definition) is 3. The third kappa shape index (κ3) is 2.19. The van der Waals surface area contributed by atoms with Crippen molar-refractivity contribution < 1.29 is 9.90 Å². The molecule has 0 aromatic rings. The second-order valence-electron chi connectivity index (χ2n) is 3.40. The molecule has 0 saturated heterocycles. The average Bonchev–Trinajstić information content (AvgIpc) is 2.36. The molecule has 0 aromatic heterocycles. The number of nitrogens with one attached hydrogen (secondary N) is 1. The number of amides is 1. The van der Waals surface area contributed by atoms with Gasteiger partial charge >= 0.3 is 0 Å². The molecule has 3 atom stereocenters. The number of aliphatic hydroxyl groups is 1. The summed E-state index contributed by atoms with van der Waals surface area (Å²) in [6, 6.07) is -0.296. The maximum absolute atomic E-state index is 10.7. The largest absolute Gasteiger partial charge is 0.392 e. The molecule has 1 unspecified atom stereocenters. The van der Waals surface area contributed by atoms with Gasteiger partial charge in [0, 0.05) is 6.04 Å². The number of primary amides is 1. The van der Waals surface area contributed by atoms with Gasteiger partial charge in [0.15, 0.2) is 0 Å². The van der Waals surface area contributed by atoms with Gasteiger partial charge in [-0.2, -0.15) is 0 Å². The van der Waals surface area contributed by atoms with Gasteiger partial charge in [0.2, 0.25) is 5.91 Å². The van der Waals surface area contributed by atoms with Crippen LogP contribution < -0.4 is 11.1 Å². The molecule has 1 aliphatic rings. The normalized spacial score (nSPS) is 31.8. The summed E-state index contributed by atoms with van der Waals surface area (Å²) < 4.78 is 0. The Kier molecular flexibility index (Phi) is 3.05. The quantitative estimate of drug-likeness (QED) is 0.530. The summed E-state index contributed by atoms with van der Waals surface area (Å²) in [6.07, 6.45) is 2.46. The van der Waals surface area contributed by atoms with Crippen molar-refractivity contribution in [2.45, 2.75) is 44.4 Å². The van der Waals surface area contributed by atoms with Crippen LogP contribution >= 0.6 is 0 Å². The summed E-state index contributed by atoms with van der Waals surface area (Å²) in [5.74, 6) is -0.367. The Labute approximate surface area is 72.1 Å². The van der Waals surface area contributed by atoms with Gasteiger partial charge in [-0.05, 0) is 26.2 Å². The highest BCUT2D eigenvalue weighted by Crippen LogP contribution is 2.18. The van der Waals surface area contributed by atoms with Crippen LogP contribution in [-0.4, -0.2) is 29.2 Å². The highest BCUT2D eigenvalue weighted by Gasteiger charge is 2.27. The molecule has 4 nitrogen and oxygen atoms in total. The van der Waals surface area contributed by atoms with E-state index in [0.717, 1.165) is 19.3 Å². The highest BCUT2D eigenvalue weighted by molar-refractivity contribution is 5.79. The molecule has 1 amide bonds. The van der Waals surface area contributed by atoms with Crippen LogP contribution in [0.3, 0.4) is 0 Å². The molecule has 1 aliphatic carbocycles. The average molecular weight is 172 g/mol. The van der Waals surface area contributed by atoms with Crippen molar-refractivity contribution in [2.24, 2.45) is 5.73 Å². The van der Waals surface area contributed by atoms with E-state index >= 15 is 0 Å². The lowest BCUT2D eigenvalue weighted by atomic mass is 10.2. The molecule has 0 radical (unpaired) electrons. The molecule has 1 saturated carbocycles. The van der Waals surface area contributed by atoms with E-state index in [1.807, 2.05) is 0 Å². The summed E-state index contributed by atoms with van der Waals surface area (Å²) in [5.41, 5.74) is 5.08. The monoisotopic (exact) mass is 172 g/mol. The van der Waals surface area contributed by atoms with Crippen LogP contribution in [0.15, 0.2) is 0 Å². The van der Waals surface area contributed by atoms with E-state index in [1.165, 1.54) is 0 Å². The van der Waals surface area contributed by atoms with Crippen molar-refractivity contribution >= 4 is 5.91 Å². The smallest absolute Gasteiger partial charge is 0.234 e. The van der Waals surface area contributed by atoms with Gasteiger partial charge in [0.1, 0.15) is 0 Å². The predicted molar refractivity (Wildman–Crippen MR) is 45.4 cm³/mol. The maximum Gasteiger partial charge on any atom is 0.234 e. The van der Waals surface area contributed by atoms with Crippen LogP contribution in [0, 0.1) is 0 Å². The minimum atomic E-state index is -0.367. The van der Waals surface area contributed by atoms with Crippen LogP contribution in [0.1, 0.15) is 26.2 Å². The summed E-state index contributed by atoms with van der Waals surface area (Å²) in [4.78, 5) is 10.7. The fourth-order valence-corrected chi connectivity index (χ4v) is 1.54. The van der Waals surface area contributed by atoms with Crippen molar-refractivity contribution in [1.82, 2.24) is 5.32 Å². The molecule has 0 heterocycles. The molecule has 70 valence electrons. The van der Waals surface area contributed by atoms with E-state index in [0.29, 0.717) is 0 Å². The Hall–Kier alpha value is -0.610. The molecule has 1 fully saturated rings. The topological polar surface area (TPSA) is 75.3 Å². The lowest BCUT2D eigenvalue weighted by Gasteiger charge is -2.19. The van der Waals surface area contributed by atoms with Crippen LogP contribution in [0.4, 0.5) is 0 Å². The first-order valence-electron chi connectivity index (χ1n) is 4.34. The summed E-state index contributed by atoms with van der Waals surface area (Å²) in [5, 5.41) is 12.4. The zero-order valence-electron chi connectivity index (χ0n) is 7.29. The molecule has 0 aliphatic heterocycles. The Morgan fingerprint density at radius 1 is 1.67 bits per heavy atom. The summed E-state index contributed by atoms with van der Waals surface area (Å²) >= 11 is 0. The minimum Gasteiger partial charge on any atom is -0.392 e. The number of aliphatic hydroxyl groups excluding tert-OH is 1. The lowest BCUT2D eigenvalue weighted by molar-refractivity contribution is -0.119. The standard InChI is InChI=1S/C8H16N2O2/c1-5(8(9)12)10-6-3-2-4-7(6)11/h5-7,10-11H,2-4H2,1H3,(H2,9,12)/t5?,6-,7-/m1/s1. The van der Waals surface area contributed by atoms with E-state index in [1.54, 1.807) is 6.92 Å². The van der Waals surface area contributed by atoms with E-state index in [4.69, 9.17) is 5.73 Å². The predicted octanol–water partition coefficient (Wildman–Crippen LogP) is -0.637. The van der Waals surface area contributed by atoms with E-state index in [2.05, 4.69) is 5.32 Å². The zero-order chi connectivity index (χ0) is 9.14. The van der Waals surface area contributed by atoms with Gasteiger partial charge in [0.25, 0.3) is 0 Å². The van der Waals surface area contributed by atoms with Crippen molar-refractivity contribution in [3.8, 4) is 0 Å². The van der Waals surface area contributed by atoms with Crippen LogP contribution in [0.5, 0.6) is 0 Å². The molecule has 0 aromatic carbocycles. The van der Waals surface area contributed by atoms with Gasteiger partial charge in [-0.3, -0.25) is 4.79 Å². The first kappa shape index (κ1) is 9.48. The van der Waals surface area contributed by atoms with Crippen LogP contribution in [0.25, 0.3) is 0 Å². The fraction of sp³-hybridized carbons (Fsp3) is 0.875. The molecule has 4 N–H and O–H groups in total. The third-order valence-electron chi connectivity index (χ3n) is 2.37. The third-order valence-corrected chi connectivity index (χ3v) is 2.37. The molecular formula is C8H16N2O2. The zero-order valence-corrected chi connectivity index (χ0v) is 7.29. The second-order valence-corrected chi connectivity index (χ2v) is 3.40.